The Balaban J connectivity index is 1.59. The molecule has 0 aliphatic heterocycles. The largest absolute Gasteiger partial charge is 0.459 e. The fourth-order valence-electron chi connectivity index (χ4n) is 4.40. The van der Waals surface area contributed by atoms with E-state index in [0.717, 1.165) is 11.1 Å². The maximum Gasteiger partial charge on any atom is 0.408 e. The lowest BCUT2D eigenvalue weighted by Gasteiger charge is -2.19. The molecule has 0 aliphatic rings. The predicted octanol–water partition coefficient (Wildman–Crippen LogP) is 5.44. The van der Waals surface area contributed by atoms with Gasteiger partial charge in [-0.1, -0.05) is 60.7 Å². The number of nitrogens with one attached hydrogen (secondary N) is 1. The summed E-state index contributed by atoms with van der Waals surface area (Å²) in [6.45, 7) is 5.34. The molecule has 0 unspecified atom stereocenters. The minimum atomic E-state index is -1.11. The number of amides is 1. The summed E-state index contributed by atoms with van der Waals surface area (Å²) in [5, 5.41) is 12.8. The van der Waals surface area contributed by atoms with Gasteiger partial charge in [0.15, 0.2) is 0 Å². The number of carbonyl (C=O) groups is 3. The Bertz CT molecular complexity index is 1580. The van der Waals surface area contributed by atoms with Gasteiger partial charge >= 0.3 is 18.0 Å². The van der Waals surface area contributed by atoms with Gasteiger partial charge in [-0.3, -0.25) is 4.79 Å². The molecule has 1 N–H and O–H groups in total. The first-order valence-corrected chi connectivity index (χ1v) is 13.5. The Kier molecular flexibility index (Phi) is 9.61. The zero-order chi connectivity index (χ0) is 30.1. The number of rotatable bonds is 10. The van der Waals surface area contributed by atoms with Gasteiger partial charge in [0.1, 0.15) is 31.4 Å². The summed E-state index contributed by atoms with van der Waals surface area (Å²) >= 11 is 0. The molecular formula is C33H33N3O6. The fraction of sp³-hybridized carbons (Fsp3) is 0.273. The van der Waals surface area contributed by atoms with Gasteiger partial charge < -0.3 is 24.1 Å². The predicted molar refractivity (Wildman–Crippen MR) is 156 cm³/mol. The van der Waals surface area contributed by atoms with E-state index in [1.165, 1.54) is 0 Å². The van der Waals surface area contributed by atoms with Gasteiger partial charge in [-0.25, -0.2) is 9.59 Å². The molecule has 0 fully saturated rings. The number of fused-ring (bicyclic) bond motifs is 1. The third-order valence-corrected chi connectivity index (χ3v) is 6.25. The summed E-state index contributed by atoms with van der Waals surface area (Å²) in [6, 6.07) is 24.5. The minimum Gasteiger partial charge on any atom is -0.459 e. The second-order valence-electron chi connectivity index (χ2n) is 10.8. The van der Waals surface area contributed by atoms with Crippen LogP contribution < -0.4 is 5.32 Å². The van der Waals surface area contributed by atoms with Crippen LogP contribution in [-0.2, 0) is 50.0 Å². The number of carbonyl (C=O) groups excluding carboxylic acids is 3. The SMILES string of the molecule is CC(C)(C)OC(=O)Cn1cc(C[C@H](NC(=O)OCc2ccccc2)C(=O)OCc2ccccc2)c2cc(C#N)ccc21. The molecule has 1 amide bonds. The van der Waals surface area contributed by atoms with Crippen molar-refractivity contribution in [3.63, 3.8) is 0 Å². The third-order valence-electron chi connectivity index (χ3n) is 6.25. The lowest BCUT2D eigenvalue weighted by atomic mass is 10.0. The Morgan fingerprint density at radius 3 is 2.12 bits per heavy atom. The number of ether oxygens (including phenoxy) is 3. The van der Waals surface area contributed by atoms with Crippen LogP contribution in [0.4, 0.5) is 4.79 Å². The summed E-state index contributed by atoms with van der Waals surface area (Å²) in [7, 11) is 0. The van der Waals surface area contributed by atoms with Crippen LogP contribution in [0.1, 0.15) is 43.0 Å². The van der Waals surface area contributed by atoms with Crippen molar-refractivity contribution in [1.82, 2.24) is 9.88 Å². The van der Waals surface area contributed by atoms with Crippen molar-refractivity contribution in [3.8, 4) is 6.07 Å². The van der Waals surface area contributed by atoms with Crippen LogP contribution in [-0.4, -0.2) is 34.2 Å². The molecule has 4 aromatic rings. The summed E-state index contributed by atoms with van der Waals surface area (Å²) < 4.78 is 18.1. The van der Waals surface area contributed by atoms with Crippen LogP contribution in [0.25, 0.3) is 10.9 Å². The standard InChI is InChI=1S/C33H33N3O6/c1-33(2,3)42-30(37)20-36-19-26(27-16-25(18-34)14-15-29(27)36)17-28(31(38)40-21-23-10-6-4-7-11-23)35-32(39)41-22-24-12-8-5-9-13-24/h4-16,19,28H,17,20-22H2,1-3H3,(H,35,39)/t28-/m0/s1. The zero-order valence-electron chi connectivity index (χ0n) is 23.8. The number of hydrogen-bond donors (Lipinski definition) is 1. The highest BCUT2D eigenvalue weighted by Crippen LogP contribution is 2.25. The average molecular weight is 568 g/mol. The molecule has 0 spiro atoms. The normalized spacial score (nSPS) is 11.8. The van der Waals surface area contributed by atoms with Crippen molar-refractivity contribution in [2.24, 2.45) is 0 Å². The fourth-order valence-corrected chi connectivity index (χ4v) is 4.40. The Morgan fingerprint density at radius 2 is 1.52 bits per heavy atom. The number of esters is 2. The molecular weight excluding hydrogens is 534 g/mol. The van der Waals surface area contributed by atoms with Crippen LogP contribution in [0.2, 0.25) is 0 Å². The van der Waals surface area contributed by atoms with E-state index in [4.69, 9.17) is 14.2 Å². The summed E-state index contributed by atoms with van der Waals surface area (Å²) in [5.41, 5.74) is 2.66. The van der Waals surface area contributed by atoms with Gasteiger partial charge in [-0.05, 0) is 55.7 Å². The second-order valence-corrected chi connectivity index (χ2v) is 10.8. The van der Waals surface area contributed by atoms with Gasteiger partial charge in [0.25, 0.3) is 0 Å². The Morgan fingerprint density at radius 1 is 0.905 bits per heavy atom. The smallest absolute Gasteiger partial charge is 0.408 e. The molecule has 0 saturated heterocycles. The molecule has 1 atom stereocenters. The van der Waals surface area contributed by atoms with Gasteiger partial charge in [-0.15, -0.1) is 0 Å². The van der Waals surface area contributed by atoms with Gasteiger partial charge in [0.2, 0.25) is 0 Å². The first kappa shape index (κ1) is 29.9. The van der Waals surface area contributed by atoms with E-state index >= 15 is 0 Å². The molecule has 216 valence electrons. The highest BCUT2D eigenvalue weighted by atomic mass is 16.6. The number of benzene rings is 3. The Hall–Kier alpha value is -5.10. The molecule has 1 heterocycles. The van der Waals surface area contributed by atoms with Crippen LogP contribution >= 0.6 is 0 Å². The van der Waals surface area contributed by atoms with Crippen LogP contribution in [0.3, 0.4) is 0 Å². The van der Waals surface area contributed by atoms with Crippen molar-refractivity contribution >= 4 is 28.9 Å². The quantitative estimate of drug-likeness (QED) is 0.200. The van der Waals surface area contributed by atoms with Crippen LogP contribution in [0.5, 0.6) is 0 Å². The summed E-state index contributed by atoms with van der Waals surface area (Å²) in [4.78, 5) is 38.7. The van der Waals surface area contributed by atoms with E-state index in [9.17, 15) is 19.6 Å². The maximum atomic E-state index is 13.3. The van der Waals surface area contributed by atoms with Gasteiger partial charge in [-0.2, -0.15) is 5.26 Å². The molecule has 9 heteroatoms. The van der Waals surface area contributed by atoms with Crippen molar-refractivity contribution in [1.29, 1.82) is 5.26 Å². The van der Waals surface area contributed by atoms with E-state index in [1.54, 1.807) is 49.7 Å². The van der Waals surface area contributed by atoms with E-state index in [-0.39, 0.29) is 26.2 Å². The lowest BCUT2D eigenvalue weighted by molar-refractivity contribution is -0.155. The molecule has 9 nitrogen and oxygen atoms in total. The van der Waals surface area contributed by atoms with Crippen LogP contribution in [0.15, 0.2) is 85.1 Å². The van der Waals surface area contributed by atoms with E-state index < -0.39 is 29.7 Å². The maximum absolute atomic E-state index is 13.3. The van der Waals surface area contributed by atoms with E-state index in [1.807, 2.05) is 60.7 Å². The van der Waals surface area contributed by atoms with E-state index in [0.29, 0.717) is 22.0 Å². The topological polar surface area (TPSA) is 120 Å². The first-order chi connectivity index (χ1) is 20.1. The molecule has 0 aliphatic carbocycles. The summed E-state index contributed by atoms with van der Waals surface area (Å²) in [6.07, 6.45) is 0.973. The number of nitriles is 1. The van der Waals surface area contributed by atoms with Crippen molar-refractivity contribution < 1.29 is 28.6 Å². The zero-order valence-corrected chi connectivity index (χ0v) is 23.8. The number of nitrogens with zero attached hydrogens (tertiary/aromatic N) is 2. The molecule has 1 aromatic heterocycles. The highest BCUT2D eigenvalue weighted by Gasteiger charge is 2.26. The molecule has 3 aromatic carbocycles. The molecule has 42 heavy (non-hydrogen) atoms. The van der Waals surface area contributed by atoms with Gasteiger partial charge in [0, 0.05) is 23.5 Å². The van der Waals surface area contributed by atoms with Gasteiger partial charge in [0.05, 0.1) is 11.6 Å². The molecule has 0 radical (unpaired) electrons. The number of aromatic nitrogens is 1. The number of hydrogen-bond acceptors (Lipinski definition) is 7. The minimum absolute atomic E-state index is 0.0237. The first-order valence-electron chi connectivity index (χ1n) is 13.5. The lowest BCUT2D eigenvalue weighted by Crippen LogP contribution is -2.43. The van der Waals surface area contributed by atoms with Crippen molar-refractivity contribution in [2.75, 3.05) is 0 Å². The molecule has 0 saturated carbocycles. The van der Waals surface area contributed by atoms with E-state index in [2.05, 4.69) is 11.4 Å². The van der Waals surface area contributed by atoms with Crippen molar-refractivity contribution in [2.45, 2.75) is 58.6 Å². The summed E-state index contributed by atoms with van der Waals surface area (Å²) in [5.74, 6) is -1.09. The molecule has 4 rings (SSSR count). The van der Waals surface area contributed by atoms with Crippen LogP contribution in [0, 0.1) is 11.3 Å². The highest BCUT2D eigenvalue weighted by molar-refractivity contribution is 5.88. The average Bonchev–Trinajstić information content (AvgIpc) is 3.30. The Labute approximate surface area is 244 Å². The monoisotopic (exact) mass is 567 g/mol. The molecule has 0 bridgehead atoms. The van der Waals surface area contributed by atoms with Crippen molar-refractivity contribution in [3.05, 3.63) is 107 Å². The third kappa shape index (κ3) is 8.45. The second kappa shape index (κ2) is 13.5. The number of alkyl carbamates (subject to hydrolysis) is 1.